The molecule has 0 radical (unpaired) electrons. The topological polar surface area (TPSA) is 21.3 Å². The fraction of sp³-hybridized carbons (Fsp3) is 0.625. The van der Waals surface area contributed by atoms with Crippen LogP contribution in [-0.4, -0.2) is 19.3 Å². The first-order chi connectivity index (χ1) is 9.84. The average Bonchev–Trinajstić information content (AvgIpc) is 2.46. The molecule has 0 spiro atoms. The van der Waals surface area contributed by atoms with Gasteiger partial charge < -0.3 is 10.1 Å². The van der Waals surface area contributed by atoms with Crippen molar-refractivity contribution in [1.82, 2.24) is 5.32 Å². The number of likely N-dealkylation sites (N-methyl/N-ethyl adjacent to an activating group) is 1. The van der Waals surface area contributed by atoms with Gasteiger partial charge in [-0.1, -0.05) is 26.0 Å². The lowest BCUT2D eigenvalue weighted by Crippen LogP contribution is -2.44. The predicted molar refractivity (Wildman–Crippen MR) is 78.2 cm³/mol. The van der Waals surface area contributed by atoms with E-state index in [0.717, 1.165) is 18.9 Å². The summed E-state index contributed by atoms with van der Waals surface area (Å²) in [5.74, 6) is 0. The average molecular weight is 303 g/mol. The summed E-state index contributed by atoms with van der Waals surface area (Å²) in [6.45, 7) is 6.42. The summed E-state index contributed by atoms with van der Waals surface area (Å²) in [4.78, 5) is 0. The van der Waals surface area contributed by atoms with E-state index in [1.54, 1.807) is 13.1 Å². The van der Waals surface area contributed by atoms with Crippen molar-refractivity contribution in [3.05, 3.63) is 35.4 Å². The number of hydrogen-bond donors (Lipinski definition) is 1. The van der Waals surface area contributed by atoms with Crippen molar-refractivity contribution >= 4 is 0 Å². The Morgan fingerprint density at radius 1 is 1.14 bits per heavy atom. The van der Waals surface area contributed by atoms with Gasteiger partial charge in [0.15, 0.2) is 0 Å². The van der Waals surface area contributed by atoms with E-state index in [2.05, 4.69) is 5.32 Å². The van der Waals surface area contributed by atoms with E-state index in [4.69, 9.17) is 4.74 Å². The van der Waals surface area contributed by atoms with Gasteiger partial charge in [0.1, 0.15) is 0 Å². The van der Waals surface area contributed by atoms with E-state index in [9.17, 15) is 13.2 Å². The maximum Gasteiger partial charge on any atom is 0.416 e. The van der Waals surface area contributed by atoms with E-state index in [0.29, 0.717) is 12.2 Å². The maximum atomic E-state index is 12.9. The van der Waals surface area contributed by atoms with Crippen molar-refractivity contribution < 1.29 is 17.9 Å². The first kappa shape index (κ1) is 18.0. The third-order valence-electron chi connectivity index (χ3n) is 3.99. The van der Waals surface area contributed by atoms with Crippen LogP contribution >= 0.6 is 0 Å². The second-order valence-corrected chi connectivity index (χ2v) is 5.05. The van der Waals surface area contributed by atoms with Crippen molar-refractivity contribution in [2.45, 2.75) is 51.4 Å². The quantitative estimate of drug-likeness (QED) is 0.797. The molecule has 1 aromatic rings. The molecule has 1 aromatic carbocycles. The molecule has 1 atom stereocenters. The Labute approximate surface area is 124 Å². The Balaban J connectivity index is 3.26. The van der Waals surface area contributed by atoms with Gasteiger partial charge in [-0.05, 0) is 44.5 Å². The Hall–Kier alpha value is -1.07. The van der Waals surface area contributed by atoms with Crippen LogP contribution in [0.15, 0.2) is 24.3 Å². The highest BCUT2D eigenvalue weighted by Crippen LogP contribution is 2.37. The SMILES string of the molecule is CCOC(CC)(CC)C(NC)c1cccc(C(F)(F)F)c1. The third-order valence-corrected chi connectivity index (χ3v) is 3.99. The van der Waals surface area contributed by atoms with Crippen molar-refractivity contribution in [2.75, 3.05) is 13.7 Å². The lowest BCUT2D eigenvalue weighted by molar-refractivity contribution is -0.137. The molecule has 2 nitrogen and oxygen atoms in total. The van der Waals surface area contributed by atoms with Crippen LogP contribution in [0.25, 0.3) is 0 Å². The number of hydrogen-bond acceptors (Lipinski definition) is 2. The van der Waals surface area contributed by atoms with Crippen LogP contribution in [0.2, 0.25) is 0 Å². The van der Waals surface area contributed by atoms with Gasteiger partial charge in [-0.15, -0.1) is 0 Å². The molecule has 21 heavy (non-hydrogen) atoms. The van der Waals surface area contributed by atoms with Gasteiger partial charge in [-0.25, -0.2) is 0 Å². The van der Waals surface area contributed by atoms with Crippen molar-refractivity contribution in [3.8, 4) is 0 Å². The second kappa shape index (κ2) is 7.27. The number of halogens is 3. The summed E-state index contributed by atoms with van der Waals surface area (Å²) in [6.07, 6.45) is -2.89. The highest BCUT2D eigenvalue weighted by molar-refractivity contribution is 5.30. The minimum Gasteiger partial charge on any atom is -0.373 e. The molecule has 0 aliphatic heterocycles. The Morgan fingerprint density at radius 3 is 2.19 bits per heavy atom. The Bertz CT molecular complexity index is 441. The van der Waals surface area contributed by atoms with E-state index in [-0.39, 0.29) is 6.04 Å². The molecule has 0 heterocycles. The van der Waals surface area contributed by atoms with E-state index in [1.807, 2.05) is 20.8 Å². The van der Waals surface area contributed by atoms with Crippen molar-refractivity contribution in [1.29, 1.82) is 0 Å². The van der Waals surface area contributed by atoms with E-state index >= 15 is 0 Å². The van der Waals surface area contributed by atoms with Gasteiger partial charge >= 0.3 is 6.18 Å². The van der Waals surface area contributed by atoms with Crippen LogP contribution in [0.1, 0.15) is 50.8 Å². The van der Waals surface area contributed by atoms with Crippen LogP contribution < -0.4 is 5.32 Å². The molecule has 0 aromatic heterocycles. The van der Waals surface area contributed by atoms with Crippen LogP contribution in [0.4, 0.5) is 13.2 Å². The predicted octanol–water partition coefficient (Wildman–Crippen LogP) is 4.56. The van der Waals surface area contributed by atoms with E-state index < -0.39 is 17.3 Å². The van der Waals surface area contributed by atoms with Gasteiger partial charge in [-0.3, -0.25) is 0 Å². The fourth-order valence-electron chi connectivity index (χ4n) is 2.86. The molecule has 0 amide bonds. The summed E-state index contributed by atoms with van der Waals surface area (Å²) >= 11 is 0. The minimum atomic E-state index is -4.33. The first-order valence-corrected chi connectivity index (χ1v) is 7.33. The highest BCUT2D eigenvalue weighted by atomic mass is 19.4. The van der Waals surface area contributed by atoms with Gasteiger partial charge in [-0.2, -0.15) is 13.2 Å². The Morgan fingerprint density at radius 2 is 1.76 bits per heavy atom. The molecule has 0 aliphatic carbocycles. The lowest BCUT2D eigenvalue weighted by Gasteiger charge is -2.39. The maximum absolute atomic E-state index is 12.9. The highest BCUT2D eigenvalue weighted by Gasteiger charge is 2.38. The van der Waals surface area contributed by atoms with Crippen LogP contribution in [0, 0.1) is 0 Å². The smallest absolute Gasteiger partial charge is 0.373 e. The molecule has 1 N–H and O–H groups in total. The molecular weight excluding hydrogens is 279 g/mol. The molecule has 120 valence electrons. The summed E-state index contributed by atoms with van der Waals surface area (Å²) in [6, 6.07) is 5.19. The molecule has 5 heteroatoms. The molecule has 0 saturated heterocycles. The minimum absolute atomic E-state index is 0.283. The van der Waals surface area contributed by atoms with Gasteiger partial charge in [0, 0.05) is 6.61 Å². The lowest BCUT2D eigenvalue weighted by atomic mass is 9.83. The van der Waals surface area contributed by atoms with Crippen LogP contribution in [0.3, 0.4) is 0 Å². The van der Waals surface area contributed by atoms with Crippen LogP contribution in [0.5, 0.6) is 0 Å². The zero-order chi connectivity index (χ0) is 16.1. The molecular formula is C16H24F3NO. The second-order valence-electron chi connectivity index (χ2n) is 5.05. The van der Waals surface area contributed by atoms with Gasteiger partial charge in [0.05, 0.1) is 17.2 Å². The molecule has 0 aliphatic rings. The Kier molecular flexibility index (Phi) is 6.23. The third kappa shape index (κ3) is 3.98. The fourth-order valence-corrected chi connectivity index (χ4v) is 2.86. The zero-order valence-corrected chi connectivity index (χ0v) is 13.1. The molecule has 1 rings (SSSR count). The monoisotopic (exact) mass is 303 g/mol. The summed E-state index contributed by atoms with van der Waals surface area (Å²) in [5.41, 5.74) is -0.532. The summed E-state index contributed by atoms with van der Waals surface area (Å²) < 4.78 is 44.6. The van der Waals surface area contributed by atoms with Crippen molar-refractivity contribution in [2.24, 2.45) is 0 Å². The number of benzene rings is 1. The van der Waals surface area contributed by atoms with Gasteiger partial charge in [0.2, 0.25) is 0 Å². The molecule has 0 fully saturated rings. The first-order valence-electron chi connectivity index (χ1n) is 7.33. The van der Waals surface area contributed by atoms with Crippen molar-refractivity contribution in [3.63, 3.8) is 0 Å². The number of rotatable bonds is 7. The summed E-state index contributed by atoms with van der Waals surface area (Å²) in [7, 11) is 1.75. The van der Waals surface area contributed by atoms with Gasteiger partial charge in [0.25, 0.3) is 0 Å². The molecule has 0 bridgehead atoms. The van der Waals surface area contributed by atoms with E-state index in [1.165, 1.54) is 12.1 Å². The standard InChI is InChI=1S/C16H24F3NO/c1-5-15(6-2,21-7-3)14(20-4)12-9-8-10-13(11-12)16(17,18)19/h8-11,14,20H,5-7H2,1-4H3. The number of alkyl halides is 3. The molecule has 1 unspecified atom stereocenters. The summed E-state index contributed by atoms with van der Waals surface area (Å²) in [5, 5.41) is 3.13. The zero-order valence-electron chi connectivity index (χ0n) is 13.1. The normalized spacial score (nSPS) is 14.2. The molecule has 0 saturated carbocycles. The van der Waals surface area contributed by atoms with Crippen LogP contribution in [-0.2, 0) is 10.9 Å². The number of nitrogens with one attached hydrogen (secondary N) is 1. The number of ether oxygens (including phenoxy) is 1. The largest absolute Gasteiger partial charge is 0.416 e.